The summed E-state index contributed by atoms with van der Waals surface area (Å²) in [6.45, 7) is 0.682. The number of rotatable bonds is 8. The van der Waals surface area contributed by atoms with Gasteiger partial charge in [0.25, 0.3) is 0 Å². The second-order valence-corrected chi connectivity index (χ2v) is 8.38. The SMILES string of the molecule is O=C(Nc1nnc(SCCCOc2ccccc2)s1)C1CCCCC1. The van der Waals surface area contributed by atoms with Gasteiger partial charge in [0.1, 0.15) is 5.75 Å². The van der Waals surface area contributed by atoms with Gasteiger partial charge >= 0.3 is 0 Å². The predicted molar refractivity (Wildman–Crippen MR) is 102 cm³/mol. The van der Waals surface area contributed by atoms with Crippen LogP contribution in [0.2, 0.25) is 0 Å². The number of thioether (sulfide) groups is 1. The van der Waals surface area contributed by atoms with Crippen LogP contribution >= 0.6 is 23.1 Å². The molecule has 134 valence electrons. The van der Waals surface area contributed by atoms with E-state index in [1.807, 2.05) is 30.3 Å². The van der Waals surface area contributed by atoms with Crippen molar-refractivity contribution >= 4 is 34.1 Å². The number of hydrogen-bond donors (Lipinski definition) is 1. The topological polar surface area (TPSA) is 64.1 Å². The van der Waals surface area contributed by atoms with Crippen LogP contribution in [0.5, 0.6) is 5.75 Å². The number of carbonyl (C=O) groups is 1. The Kier molecular flexibility index (Phi) is 7.11. The first-order valence-electron chi connectivity index (χ1n) is 8.76. The maximum atomic E-state index is 12.2. The fourth-order valence-electron chi connectivity index (χ4n) is 2.82. The number of nitrogens with one attached hydrogen (secondary N) is 1. The van der Waals surface area contributed by atoms with Crippen LogP contribution in [0.3, 0.4) is 0 Å². The Morgan fingerprint density at radius 2 is 2.00 bits per heavy atom. The van der Waals surface area contributed by atoms with E-state index in [0.29, 0.717) is 11.7 Å². The summed E-state index contributed by atoms with van der Waals surface area (Å²) in [5.74, 6) is 2.06. The van der Waals surface area contributed by atoms with E-state index in [4.69, 9.17) is 4.74 Å². The van der Waals surface area contributed by atoms with E-state index < -0.39 is 0 Å². The fraction of sp³-hybridized carbons (Fsp3) is 0.500. The third-order valence-corrected chi connectivity index (χ3v) is 6.20. The van der Waals surface area contributed by atoms with Gasteiger partial charge in [0.2, 0.25) is 11.0 Å². The summed E-state index contributed by atoms with van der Waals surface area (Å²) < 4.78 is 6.55. The third kappa shape index (κ3) is 6.01. The van der Waals surface area contributed by atoms with Gasteiger partial charge in [-0.1, -0.05) is 60.6 Å². The molecule has 0 unspecified atom stereocenters. The molecule has 0 atom stereocenters. The van der Waals surface area contributed by atoms with E-state index in [9.17, 15) is 4.79 Å². The molecule has 0 aliphatic heterocycles. The van der Waals surface area contributed by atoms with Gasteiger partial charge in [-0.05, 0) is 31.4 Å². The molecule has 0 radical (unpaired) electrons. The summed E-state index contributed by atoms with van der Waals surface area (Å²) in [6, 6.07) is 9.82. The minimum Gasteiger partial charge on any atom is -0.494 e. The average Bonchev–Trinajstić information content (AvgIpc) is 3.10. The molecule has 1 fully saturated rings. The van der Waals surface area contributed by atoms with E-state index in [-0.39, 0.29) is 11.8 Å². The zero-order chi connectivity index (χ0) is 17.3. The van der Waals surface area contributed by atoms with Crippen molar-refractivity contribution in [2.75, 3.05) is 17.7 Å². The first kappa shape index (κ1) is 18.2. The minimum absolute atomic E-state index is 0.101. The Hall–Kier alpha value is -1.60. The van der Waals surface area contributed by atoms with E-state index in [1.54, 1.807) is 11.8 Å². The van der Waals surface area contributed by atoms with Gasteiger partial charge in [0.15, 0.2) is 4.34 Å². The molecular formula is C18H23N3O2S2. The highest BCUT2D eigenvalue weighted by atomic mass is 32.2. The highest BCUT2D eigenvalue weighted by Crippen LogP contribution is 2.28. The lowest BCUT2D eigenvalue weighted by Gasteiger charge is -2.19. The zero-order valence-electron chi connectivity index (χ0n) is 14.1. The van der Waals surface area contributed by atoms with E-state index in [1.165, 1.54) is 17.8 Å². The molecule has 1 heterocycles. The second kappa shape index (κ2) is 9.77. The van der Waals surface area contributed by atoms with Crippen LogP contribution in [0.4, 0.5) is 5.13 Å². The molecule has 25 heavy (non-hydrogen) atoms. The lowest BCUT2D eigenvalue weighted by atomic mass is 9.89. The molecule has 1 aromatic heterocycles. The van der Waals surface area contributed by atoms with Crippen LogP contribution in [-0.2, 0) is 4.79 Å². The highest BCUT2D eigenvalue weighted by Gasteiger charge is 2.22. The Morgan fingerprint density at radius 3 is 2.80 bits per heavy atom. The summed E-state index contributed by atoms with van der Waals surface area (Å²) in [5, 5.41) is 11.8. The monoisotopic (exact) mass is 377 g/mol. The normalized spacial score (nSPS) is 15.0. The van der Waals surface area contributed by atoms with Gasteiger partial charge in [0, 0.05) is 11.7 Å². The number of ether oxygens (including phenoxy) is 1. The quantitative estimate of drug-likeness (QED) is 0.413. The van der Waals surface area contributed by atoms with Crippen molar-refractivity contribution < 1.29 is 9.53 Å². The molecule has 0 saturated heterocycles. The van der Waals surface area contributed by atoms with Crippen LogP contribution in [0.15, 0.2) is 34.7 Å². The Balaban J connectivity index is 1.34. The molecule has 0 bridgehead atoms. The maximum Gasteiger partial charge on any atom is 0.229 e. The van der Waals surface area contributed by atoms with E-state index in [0.717, 1.165) is 47.9 Å². The van der Waals surface area contributed by atoms with Gasteiger partial charge in [-0.15, -0.1) is 10.2 Å². The van der Waals surface area contributed by atoms with Crippen LogP contribution in [-0.4, -0.2) is 28.5 Å². The third-order valence-electron chi connectivity index (χ3n) is 4.14. The number of benzene rings is 1. The summed E-state index contributed by atoms with van der Waals surface area (Å²) in [7, 11) is 0. The highest BCUT2D eigenvalue weighted by molar-refractivity contribution is 8.01. The summed E-state index contributed by atoms with van der Waals surface area (Å²) in [5.41, 5.74) is 0. The number of hydrogen-bond acceptors (Lipinski definition) is 6. The number of nitrogens with zero attached hydrogens (tertiary/aromatic N) is 2. The molecule has 5 nitrogen and oxygen atoms in total. The average molecular weight is 378 g/mol. The van der Waals surface area contributed by atoms with Gasteiger partial charge < -0.3 is 10.1 Å². The zero-order valence-corrected chi connectivity index (χ0v) is 15.8. The number of carbonyl (C=O) groups excluding carboxylic acids is 1. The number of para-hydroxylation sites is 1. The molecule has 1 N–H and O–H groups in total. The Morgan fingerprint density at radius 1 is 1.20 bits per heavy atom. The first-order valence-corrected chi connectivity index (χ1v) is 10.6. The molecule has 1 aliphatic rings. The molecule has 1 aliphatic carbocycles. The van der Waals surface area contributed by atoms with Crippen LogP contribution in [0.25, 0.3) is 0 Å². The lowest BCUT2D eigenvalue weighted by molar-refractivity contribution is -0.120. The van der Waals surface area contributed by atoms with Crippen LogP contribution < -0.4 is 10.1 Å². The maximum absolute atomic E-state index is 12.2. The van der Waals surface area contributed by atoms with Crippen molar-refractivity contribution in [3.63, 3.8) is 0 Å². The van der Waals surface area contributed by atoms with Crippen molar-refractivity contribution in [3.05, 3.63) is 30.3 Å². The van der Waals surface area contributed by atoms with Crippen LogP contribution in [0.1, 0.15) is 38.5 Å². The standard InChI is InChI=1S/C18H23N3O2S2/c22-16(14-8-3-1-4-9-14)19-17-20-21-18(25-17)24-13-7-12-23-15-10-5-2-6-11-15/h2,5-6,10-11,14H,1,3-4,7-9,12-13H2,(H,19,20,22). The van der Waals surface area contributed by atoms with E-state index >= 15 is 0 Å². The fourth-order valence-corrected chi connectivity index (χ4v) is 4.55. The van der Waals surface area contributed by atoms with Crippen LogP contribution in [0, 0.1) is 5.92 Å². The number of anilines is 1. The summed E-state index contributed by atoms with van der Waals surface area (Å²) in [4.78, 5) is 12.2. The van der Waals surface area contributed by atoms with Crippen molar-refractivity contribution in [3.8, 4) is 5.75 Å². The van der Waals surface area contributed by atoms with Crippen molar-refractivity contribution in [1.82, 2.24) is 10.2 Å². The Bertz CT molecular complexity index is 657. The molecule has 2 aromatic rings. The summed E-state index contributed by atoms with van der Waals surface area (Å²) >= 11 is 3.10. The largest absolute Gasteiger partial charge is 0.494 e. The number of aromatic nitrogens is 2. The number of amides is 1. The van der Waals surface area contributed by atoms with Gasteiger partial charge in [-0.25, -0.2) is 0 Å². The minimum atomic E-state index is 0.101. The van der Waals surface area contributed by atoms with Gasteiger partial charge in [-0.3, -0.25) is 4.79 Å². The van der Waals surface area contributed by atoms with Crippen molar-refractivity contribution in [2.24, 2.45) is 5.92 Å². The van der Waals surface area contributed by atoms with Crippen molar-refractivity contribution in [1.29, 1.82) is 0 Å². The molecule has 0 spiro atoms. The first-order chi connectivity index (χ1) is 12.3. The summed E-state index contributed by atoms with van der Waals surface area (Å²) in [6.07, 6.45) is 6.47. The lowest BCUT2D eigenvalue weighted by Crippen LogP contribution is -2.24. The smallest absolute Gasteiger partial charge is 0.229 e. The molecule has 1 saturated carbocycles. The van der Waals surface area contributed by atoms with Gasteiger partial charge in [0.05, 0.1) is 6.61 Å². The molecule has 1 aromatic carbocycles. The molecule has 3 rings (SSSR count). The Labute approximate surface area is 156 Å². The van der Waals surface area contributed by atoms with Gasteiger partial charge in [-0.2, -0.15) is 0 Å². The second-order valence-electron chi connectivity index (χ2n) is 6.06. The molecular weight excluding hydrogens is 354 g/mol. The molecule has 1 amide bonds. The van der Waals surface area contributed by atoms with E-state index in [2.05, 4.69) is 15.5 Å². The predicted octanol–water partition coefficient (Wildman–Crippen LogP) is 4.62. The molecule has 7 heteroatoms. The van der Waals surface area contributed by atoms with Crippen molar-refractivity contribution in [2.45, 2.75) is 42.9 Å².